The third kappa shape index (κ3) is 3.63. The summed E-state index contributed by atoms with van der Waals surface area (Å²) in [6, 6.07) is 10.2. The third-order valence-electron chi connectivity index (χ3n) is 3.60. The van der Waals surface area contributed by atoms with Crippen molar-refractivity contribution in [2.75, 3.05) is 11.9 Å². The molecule has 8 nitrogen and oxygen atoms in total. The number of anilines is 1. The van der Waals surface area contributed by atoms with Gasteiger partial charge in [0.2, 0.25) is 0 Å². The van der Waals surface area contributed by atoms with E-state index in [1.807, 2.05) is 6.07 Å². The summed E-state index contributed by atoms with van der Waals surface area (Å²) in [5.41, 5.74) is 1.57. The molecule has 0 bridgehead atoms. The first-order valence-corrected chi connectivity index (χ1v) is 8.57. The largest absolute Gasteiger partial charge is 0.476 e. The fraction of sp³-hybridized carbons (Fsp3) is 0.176. The van der Waals surface area contributed by atoms with Crippen LogP contribution in [0.4, 0.5) is 5.13 Å². The number of aliphatic hydroxyl groups excluding tert-OH is 1. The third-order valence-corrected chi connectivity index (χ3v) is 4.69. The zero-order valence-electron chi connectivity index (χ0n) is 13.8. The van der Waals surface area contributed by atoms with Crippen LogP contribution in [-0.2, 0) is 6.54 Å². The second kappa shape index (κ2) is 7.46. The Kier molecular flexibility index (Phi) is 5.10. The van der Waals surface area contributed by atoms with Crippen LogP contribution in [0.3, 0.4) is 0 Å². The number of benzene rings is 1. The average Bonchev–Trinajstić information content (AvgIpc) is 3.19. The number of carboxylic acids is 1. The lowest BCUT2D eigenvalue weighted by molar-refractivity contribution is 0.0688. The van der Waals surface area contributed by atoms with Crippen LogP contribution < -0.4 is 5.32 Å². The molecule has 0 aliphatic rings. The van der Waals surface area contributed by atoms with Crippen LogP contribution in [0.25, 0.3) is 10.6 Å². The van der Waals surface area contributed by atoms with Crippen LogP contribution in [0, 0.1) is 6.92 Å². The molecule has 134 valence electrons. The highest BCUT2D eigenvalue weighted by molar-refractivity contribution is 7.19. The number of carbonyl (C=O) groups is 2. The number of aliphatic hydroxyl groups is 1. The van der Waals surface area contributed by atoms with E-state index in [0.717, 1.165) is 0 Å². The number of nitrogens with one attached hydrogen (secondary N) is 1. The van der Waals surface area contributed by atoms with Crippen molar-refractivity contribution in [3.63, 3.8) is 0 Å². The van der Waals surface area contributed by atoms with Gasteiger partial charge >= 0.3 is 5.97 Å². The van der Waals surface area contributed by atoms with E-state index >= 15 is 0 Å². The number of aromatic nitrogens is 3. The minimum absolute atomic E-state index is 0.115. The van der Waals surface area contributed by atoms with Crippen molar-refractivity contribution in [2.24, 2.45) is 0 Å². The number of amides is 1. The van der Waals surface area contributed by atoms with Crippen molar-refractivity contribution in [3.8, 4) is 10.6 Å². The molecule has 0 unspecified atom stereocenters. The van der Waals surface area contributed by atoms with E-state index in [0.29, 0.717) is 27.0 Å². The predicted octanol–water partition coefficient (Wildman–Crippen LogP) is 2.26. The zero-order chi connectivity index (χ0) is 18.7. The van der Waals surface area contributed by atoms with Crippen molar-refractivity contribution in [1.29, 1.82) is 0 Å². The van der Waals surface area contributed by atoms with Crippen LogP contribution in [0.2, 0.25) is 0 Å². The smallest absolute Gasteiger partial charge is 0.356 e. The molecule has 0 aliphatic heterocycles. The van der Waals surface area contributed by atoms with Gasteiger partial charge in [-0.05, 0) is 25.1 Å². The first-order chi connectivity index (χ1) is 12.5. The standard InChI is InChI=1S/C17H16N4O4S/c1-10-14(13-9-12(16(24)25)20-21(13)7-8-22)26-17(18-10)19-15(23)11-5-3-2-4-6-11/h2-6,9,22H,7-8H2,1H3,(H,24,25)(H,18,19,23). The number of hydrogen-bond acceptors (Lipinski definition) is 6. The van der Waals surface area contributed by atoms with Crippen LogP contribution >= 0.6 is 11.3 Å². The van der Waals surface area contributed by atoms with Gasteiger partial charge < -0.3 is 10.2 Å². The van der Waals surface area contributed by atoms with Gasteiger partial charge in [0.05, 0.1) is 29.4 Å². The number of aromatic carboxylic acids is 1. The van der Waals surface area contributed by atoms with Gasteiger partial charge in [-0.15, -0.1) is 0 Å². The summed E-state index contributed by atoms with van der Waals surface area (Å²) in [5.74, 6) is -1.43. The Balaban J connectivity index is 1.91. The van der Waals surface area contributed by atoms with Gasteiger partial charge in [-0.25, -0.2) is 9.78 Å². The Hall–Kier alpha value is -3.04. The Morgan fingerprint density at radius 2 is 2.00 bits per heavy atom. The minimum atomic E-state index is -1.15. The van der Waals surface area contributed by atoms with E-state index in [2.05, 4.69) is 15.4 Å². The topological polar surface area (TPSA) is 117 Å². The molecule has 3 rings (SSSR count). The molecular formula is C17H16N4O4S. The van der Waals surface area contributed by atoms with E-state index in [4.69, 9.17) is 5.11 Å². The molecule has 26 heavy (non-hydrogen) atoms. The molecule has 0 fully saturated rings. The van der Waals surface area contributed by atoms with Gasteiger partial charge in [-0.1, -0.05) is 29.5 Å². The van der Waals surface area contributed by atoms with Gasteiger partial charge in [0.25, 0.3) is 5.91 Å². The fourth-order valence-corrected chi connectivity index (χ4v) is 3.40. The molecule has 0 saturated heterocycles. The Morgan fingerprint density at radius 3 is 2.65 bits per heavy atom. The molecule has 0 atom stereocenters. The number of thiazole rings is 1. The normalized spacial score (nSPS) is 10.7. The number of aryl methyl sites for hydroxylation is 1. The van der Waals surface area contributed by atoms with Crippen LogP contribution in [0.1, 0.15) is 26.5 Å². The molecule has 3 N–H and O–H groups in total. The van der Waals surface area contributed by atoms with Crippen molar-refractivity contribution < 1.29 is 19.8 Å². The lowest BCUT2D eigenvalue weighted by Crippen LogP contribution is -2.11. The highest BCUT2D eigenvalue weighted by Gasteiger charge is 2.19. The fourth-order valence-electron chi connectivity index (χ4n) is 2.42. The maximum absolute atomic E-state index is 12.3. The van der Waals surface area contributed by atoms with Crippen molar-refractivity contribution in [2.45, 2.75) is 13.5 Å². The molecular weight excluding hydrogens is 356 g/mol. The molecule has 2 heterocycles. The maximum atomic E-state index is 12.3. The first-order valence-electron chi connectivity index (χ1n) is 7.76. The lowest BCUT2D eigenvalue weighted by Gasteiger charge is -2.03. The summed E-state index contributed by atoms with van der Waals surface area (Å²) in [4.78, 5) is 28.5. The SMILES string of the molecule is Cc1nc(NC(=O)c2ccccc2)sc1-c1cc(C(=O)O)nn1CCO. The molecule has 0 radical (unpaired) electrons. The molecule has 9 heteroatoms. The molecule has 1 amide bonds. The zero-order valence-corrected chi connectivity index (χ0v) is 14.7. The van der Waals surface area contributed by atoms with E-state index < -0.39 is 5.97 Å². The van der Waals surface area contributed by atoms with Gasteiger partial charge in [0.1, 0.15) is 0 Å². The number of nitrogens with zero attached hydrogens (tertiary/aromatic N) is 3. The number of rotatable bonds is 6. The molecule has 0 saturated carbocycles. The van der Waals surface area contributed by atoms with E-state index in [1.54, 1.807) is 31.2 Å². The van der Waals surface area contributed by atoms with Crippen molar-refractivity contribution in [3.05, 3.63) is 53.3 Å². The molecule has 2 aromatic heterocycles. The summed E-state index contributed by atoms with van der Waals surface area (Å²) >= 11 is 1.22. The number of carbonyl (C=O) groups excluding carboxylic acids is 1. The van der Waals surface area contributed by atoms with Crippen LogP contribution in [0.15, 0.2) is 36.4 Å². The second-order valence-corrected chi connectivity index (χ2v) is 6.42. The summed E-state index contributed by atoms with van der Waals surface area (Å²) in [5, 5.41) is 25.5. The molecule has 3 aromatic rings. The summed E-state index contributed by atoms with van der Waals surface area (Å²) in [6.45, 7) is 1.75. The minimum Gasteiger partial charge on any atom is -0.476 e. The Morgan fingerprint density at radius 1 is 1.27 bits per heavy atom. The Labute approximate surface area is 152 Å². The van der Waals surface area contributed by atoms with Crippen molar-refractivity contribution in [1.82, 2.24) is 14.8 Å². The molecule has 0 spiro atoms. The van der Waals surface area contributed by atoms with Crippen LogP contribution in [0.5, 0.6) is 0 Å². The van der Waals surface area contributed by atoms with Gasteiger partial charge in [0.15, 0.2) is 10.8 Å². The van der Waals surface area contributed by atoms with E-state index in [-0.39, 0.29) is 24.8 Å². The number of hydrogen-bond donors (Lipinski definition) is 3. The van der Waals surface area contributed by atoms with Gasteiger partial charge in [-0.3, -0.25) is 14.8 Å². The second-order valence-electron chi connectivity index (χ2n) is 5.42. The first kappa shape index (κ1) is 17.8. The highest BCUT2D eigenvalue weighted by atomic mass is 32.1. The number of carboxylic acid groups (broad SMARTS) is 1. The lowest BCUT2D eigenvalue weighted by atomic mass is 10.2. The quantitative estimate of drug-likeness (QED) is 0.611. The predicted molar refractivity (Wildman–Crippen MR) is 96.5 cm³/mol. The Bertz CT molecular complexity index is 949. The van der Waals surface area contributed by atoms with Gasteiger partial charge in [0, 0.05) is 5.56 Å². The molecule has 1 aromatic carbocycles. The van der Waals surface area contributed by atoms with Crippen LogP contribution in [-0.4, -0.2) is 43.5 Å². The monoisotopic (exact) mass is 372 g/mol. The highest BCUT2D eigenvalue weighted by Crippen LogP contribution is 2.33. The summed E-state index contributed by atoms with van der Waals surface area (Å²) in [6.07, 6.45) is 0. The summed E-state index contributed by atoms with van der Waals surface area (Å²) in [7, 11) is 0. The average molecular weight is 372 g/mol. The van der Waals surface area contributed by atoms with E-state index in [1.165, 1.54) is 22.1 Å². The molecule has 0 aliphatic carbocycles. The van der Waals surface area contributed by atoms with E-state index in [9.17, 15) is 14.7 Å². The maximum Gasteiger partial charge on any atom is 0.356 e. The van der Waals surface area contributed by atoms with Crippen molar-refractivity contribution >= 4 is 28.3 Å². The van der Waals surface area contributed by atoms with Gasteiger partial charge in [-0.2, -0.15) is 5.10 Å². The summed E-state index contributed by atoms with van der Waals surface area (Å²) < 4.78 is 1.42.